The Bertz CT molecular complexity index is 2060. The third-order valence-electron chi connectivity index (χ3n) is 7.67. The van der Waals surface area contributed by atoms with Crippen molar-refractivity contribution in [2.75, 3.05) is 34.0 Å². The monoisotopic (exact) mass is 686 g/mol. The highest BCUT2D eigenvalue weighted by Gasteiger charge is 2.34. The van der Waals surface area contributed by atoms with E-state index >= 15 is 0 Å². The minimum absolute atomic E-state index is 0.143. The summed E-state index contributed by atoms with van der Waals surface area (Å²) in [7, 11) is 2.83. The molecule has 1 atom stereocenters. The summed E-state index contributed by atoms with van der Waals surface area (Å²) in [6, 6.07) is 17.7. The Labute approximate surface area is 287 Å². The van der Waals surface area contributed by atoms with Crippen LogP contribution in [0.5, 0.6) is 23.0 Å². The van der Waals surface area contributed by atoms with Crippen molar-refractivity contribution in [1.29, 1.82) is 0 Å². The van der Waals surface area contributed by atoms with Crippen molar-refractivity contribution in [3.05, 3.63) is 114 Å². The summed E-state index contributed by atoms with van der Waals surface area (Å²) in [5.41, 5.74) is 3.79. The summed E-state index contributed by atoms with van der Waals surface area (Å²) in [5.74, 6) is 0.593. The molecule has 0 amide bonds. The summed E-state index contributed by atoms with van der Waals surface area (Å²) < 4.78 is 35.1. The fourth-order valence-corrected chi connectivity index (χ4v) is 6.32. The number of methoxy groups -OCH3 is 2. The van der Waals surface area contributed by atoms with E-state index in [1.165, 1.54) is 28.6 Å². The van der Waals surface area contributed by atoms with Gasteiger partial charge in [-0.15, -0.1) is 0 Å². The average molecular weight is 687 g/mol. The van der Waals surface area contributed by atoms with Crippen molar-refractivity contribution >= 4 is 29.4 Å². The van der Waals surface area contributed by atoms with Crippen LogP contribution in [-0.2, 0) is 25.7 Å². The van der Waals surface area contributed by atoms with E-state index in [0.717, 1.165) is 5.56 Å². The molecule has 0 radical (unpaired) electrons. The number of aromatic nitrogens is 1. The molecule has 256 valence electrons. The quantitative estimate of drug-likeness (QED) is 0.185. The van der Waals surface area contributed by atoms with E-state index < -0.39 is 18.0 Å². The van der Waals surface area contributed by atoms with Gasteiger partial charge in [-0.2, -0.15) is 0 Å². The van der Waals surface area contributed by atoms with Crippen molar-refractivity contribution in [2.45, 2.75) is 40.3 Å². The average Bonchev–Trinajstić information content (AvgIpc) is 3.40. The van der Waals surface area contributed by atoms with Crippen LogP contribution in [0.25, 0.3) is 6.08 Å². The van der Waals surface area contributed by atoms with Crippen LogP contribution in [0, 0.1) is 6.92 Å². The van der Waals surface area contributed by atoms with Gasteiger partial charge in [0.25, 0.3) is 5.56 Å². The largest absolute Gasteiger partial charge is 0.493 e. The predicted molar refractivity (Wildman–Crippen MR) is 184 cm³/mol. The van der Waals surface area contributed by atoms with Crippen molar-refractivity contribution in [1.82, 2.24) is 4.57 Å². The van der Waals surface area contributed by atoms with Gasteiger partial charge in [0.15, 0.2) is 34.4 Å². The van der Waals surface area contributed by atoms with Gasteiger partial charge in [-0.25, -0.2) is 14.6 Å². The molecule has 5 rings (SSSR count). The van der Waals surface area contributed by atoms with Crippen LogP contribution in [0.2, 0.25) is 0 Å². The van der Waals surface area contributed by atoms with Gasteiger partial charge in [0, 0.05) is 0 Å². The minimum atomic E-state index is -0.876. The number of fused-ring (bicyclic) bond motifs is 1. The summed E-state index contributed by atoms with van der Waals surface area (Å²) in [6.45, 7) is 7.78. The van der Waals surface area contributed by atoms with Gasteiger partial charge >= 0.3 is 11.9 Å². The smallest absolute Gasteiger partial charge is 0.343 e. The molecule has 2 heterocycles. The fourth-order valence-electron chi connectivity index (χ4n) is 5.27. The Balaban J connectivity index is 1.55. The van der Waals surface area contributed by atoms with Crippen molar-refractivity contribution in [3.8, 4) is 23.0 Å². The number of esters is 2. The van der Waals surface area contributed by atoms with Crippen LogP contribution in [0.4, 0.5) is 0 Å². The number of thiazole rings is 1. The molecular weight excluding hydrogens is 648 g/mol. The number of carbonyl (C=O) groups excluding carboxylic acids is 2. The van der Waals surface area contributed by atoms with Gasteiger partial charge in [0.05, 0.1) is 49.3 Å². The first-order valence-electron chi connectivity index (χ1n) is 15.7. The number of aryl methyl sites for hydroxylation is 1. The number of carbonyl (C=O) groups is 2. The van der Waals surface area contributed by atoms with Gasteiger partial charge < -0.3 is 28.4 Å². The number of allylic oxidation sites excluding steroid dienone is 1. The first-order chi connectivity index (χ1) is 23.7. The second kappa shape index (κ2) is 15.7. The van der Waals surface area contributed by atoms with Crippen LogP contribution >= 0.6 is 11.3 Å². The lowest BCUT2D eigenvalue weighted by Gasteiger charge is -2.25. The number of hydrogen-bond acceptors (Lipinski definition) is 11. The predicted octanol–water partition coefficient (Wildman–Crippen LogP) is 4.64. The lowest BCUT2D eigenvalue weighted by Crippen LogP contribution is -2.40. The van der Waals surface area contributed by atoms with Crippen LogP contribution in [0.1, 0.15) is 49.1 Å². The van der Waals surface area contributed by atoms with Gasteiger partial charge in [-0.3, -0.25) is 9.36 Å². The molecule has 0 unspecified atom stereocenters. The molecule has 49 heavy (non-hydrogen) atoms. The fraction of sp³-hybridized carbons (Fsp3) is 0.297. The van der Waals surface area contributed by atoms with E-state index in [9.17, 15) is 14.4 Å². The molecule has 0 bridgehead atoms. The summed E-state index contributed by atoms with van der Waals surface area (Å²) in [6.07, 6.45) is 1.76. The zero-order valence-electron chi connectivity index (χ0n) is 28.2. The van der Waals surface area contributed by atoms with Crippen LogP contribution < -0.4 is 33.8 Å². The molecule has 1 aromatic heterocycles. The van der Waals surface area contributed by atoms with E-state index in [1.54, 1.807) is 57.4 Å². The van der Waals surface area contributed by atoms with Gasteiger partial charge in [-0.1, -0.05) is 53.3 Å². The van der Waals surface area contributed by atoms with Gasteiger partial charge in [0.1, 0.15) is 6.61 Å². The molecule has 0 N–H and O–H groups in total. The van der Waals surface area contributed by atoms with Gasteiger partial charge in [0.2, 0.25) is 0 Å². The summed E-state index contributed by atoms with van der Waals surface area (Å²) in [5, 5.41) is 0. The molecule has 0 saturated heterocycles. The van der Waals surface area contributed by atoms with E-state index in [-0.39, 0.29) is 24.3 Å². The van der Waals surface area contributed by atoms with Crippen LogP contribution in [0.3, 0.4) is 0 Å². The topological polar surface area (TPSA) is 124 Å². The first-order valence-corrected chi connectivity index (χ1v) is 16.5. The van der Waals surface area contributed by atoms with E-state index in [0.29, 0.717) is 62.4 Å². The minimum Gasteiger partial charge on any atom is -0.493 e. The Morgan fingerprint density at radius 3 is 2.31 bits per heavy atom. The van der Waals surface area contributed by atoms with Gasteiger partial charge in [-0.05, 0) is 74.7 Å². The number of ether oxygens (including phenoxy) is 6. The SMILES string of the molecule is CCOC(=O)C1=C(C)N=c2s/c(=C\c3ccc(OCc4ccc(C)cc4)c(OC)c3)c(=O)n2[C@H]1c1ccc(OCC(=O)OC)c(OCC)c1. The van der Waals surface area contributed by atoms with E-state index in [2.05, 4.69) is 9.73 Å². The molecule has 12 heteroatoms. The molecule has 11 nitrogen and oxygen atoms in total. The maximum atomic E-state index is 14.2. The van der Waals surface area contributed by atoms with Crippen LogP contribution in [0.15, 0.2) is 81.7 Å². The molecule has 3 aromatic carbocycles. The number of benzene rings is 3. The summed E-state index contributed by atoms with van der Waals surface area (Å²) in [4.78, 5) is 44.3. The second-order valence-corrected chi connectivity index (χ2v) is 12.0. The molecule has 0 aliphatic carbocycles. The van der Waals surface area contributed by atoms with Crippen molar-refractivity contribution < 1.29 is 38.0 Å². The Morgan fingerprint density at radius 2 is 1.61 bits per heavy atom. The summed E-state index contributed by atoms with van der Waals surface area (Å²) >= 11 is 1.21. The molecule has 1 aliphatic heterocycles. The molecule has 0 fully saturated rings. The lowest BCUT2D eigenvalue weighted by atomic mass is 9.95. The standard InChI is InChI=1S/C37H38N2O9S/c1-7-45-30-19-26(14-16-28(30)48-21-32(40)44-6)34-33(36(42)46-8-2)23(4)38-37-39(34)35(41)31(49-37)18-25-13-15-27(29(17-25)43-5)47-20-24-11-9-22(3)10-12-24/h9-19,34H,7-8,20-21H2,1-6H3/b31-18-/t34-/m0/s1. The first kappa shape index (κ1) is 35.0. The molecule has 1 aliphatic rings. The Morgan fingerprint density at radius 1 is 0.878 bits per heavy atom. The molecule has 0 saturated carbocycles. The van der Waals surface area contributed by atoms with Crippen molar-refractivity contribution in [2.24, 2.45) is 4.99 Å². The third kappa shape index (κ3) is 7.86. The highest BCUT2D eigenvalue weighted by Crippen LogP contribution is 2.36. The van der Waals surface area contributed by atoms with E-state index in [1.807, 2.05) is 44.2 Å². The zero-order chi connectivity index (χ0) is 35.1. The number of hydrogen-bond donors (Lipinski definition) is 0. The second-order valence-electron chi connectivity index (χ2n) is 11.0. The Kier molecular flexibility index (Phi) is 11.2. The van der Waals surface area contributed by atoms with E-state index in [4.69, 9.17) is 23.7 Å². The third-order valence-corrected chi connectivity index (χ3v) is 8.66. The maximum absolute atomic E-state index is 14.2. The highest BCUT2D eigenvalue weighted by atomic mass is 32.1. The Hall–Kier alpha value is -5.36. The normalized spacial score (nSPS) is 14.1. The molecule has 4 aromatic rings. The molecule has 0 spiro atoms. The van der Waals surface area contributed by atoms with Crippen LogP contribution in [-0.4, -0.2) is 50.5 Å². The number of rotatable bonds is 13. The molecular formula is C37H38N2O9S. The zero-order valence-corrected chi connectivity index (χ0v) is 29.1. The maximum Gasteiger partial charge on any atom is 0.343 e. The highest BCUT2D eigenvalue weighted by molar-refractivity contribution is 7.07. The number of nitrogens with zero attached hydrogens (tertiary/aromatic N) is 2. The lowest BCUT2D eigenvalue weighted by molar-refractivity contribution is -0.143. The van der Waals surface area contributed by atoms with Crippen molar-refractivity contribution in [3.63, 3.8) is 0 Å².